The molecular weight excluding hydrogens is 248 g/mol. The van der Waals surface area contributed by atoms with Crippen molar-refractivity contribution in [3.05, 3.63) is 35.9 Å². The van der Waals surface area contributed by atoms with Crippen LogP contribution in [-0.4, -0.2) is 13.9 Å². The Morgan fingerprint density at radius 3 is 2.16 bits per heavy atom. The molecule has 0 radical (unpaired) electrons. The van der Waals surface area contributed by atoms with Crippen LogP contribution < -0.4 is 0 Å². The van der Waals surface area contributed by atoms with E-state index in [1.165, 1.54) is 12.8 Å². The number of ketones is 1. The highest BCUT2D eigenvalue weighted by Crippen LogP contribution is 2.45. The standard InChI is InChI=1S/C17H28OSi/c1-6-7-11-14-17(2,19(3,4)5)16(18)15-12-9-8-10-13-15/h8-10,12-13H,6-7,11,14H2,1-5H3. The minimum absolute atomic E-state index is 0.149. The second-order valence-electron chi connectivity index (χ2n) is 6.73. The Bertz CT molecular complexity index is 405. The van der Waals surface area contributed by atoms with Gasteiger partial charge in [-0.25, -0.2) is 0 Å². The molecule has 0 spiro atoms. The summed E-state index contributed by atoms with van der Waals surface area (Å²) in [6.45, 7) is 11.4. The zero-order valence-corrected chi connectivity index (χ0v) is 14.1. The second-order valence-corrected chi connectivity index (χ2v) is 12.3. The van der Waals surface area contributed by atoms with Gasteiger partial charge in [-0.05, 0) is 6.42 Å². The predicted molar refractivity (Wildman–Crippen MR) is 86.6 cm³/mol. The lowest BCUT2D eigenvalue weighted by atomic mass is 9.92. The summed E-state index contributed by atoms with van der Waals surface area (Å²) in [5, 5.41) is -0.149. The van der Waals surface area contributed by atoms with Crippen molar-refractivity contribution < 1.29 is 4.79 Å². The Balaban J connectivity index is 3.00. The summed E-state index contributed by atoms with van der Waals surface area (Å²) in [5.74, 6) is 0.350. The fourth-order valence-electron chi connectivity index (χ4n) is 2.47. The monoisotopic (exact) mass is 276 g/mol. The van der Waals surface area contributed by atoms with Gasteiger partial charge in [-0.1, -0.05) is 83.1 Å². The molecule has 1 aromatic rings. The smallest absolute Gasteiger partial charge is 0.166 e. The zero-order valence-electron chi connectivity index (χ0n) is 13.1. The fraction of sp³-hybridized carbons (Fsp3) is 0.588. The topological polar surface area (TPSA) is 17.1 Å². The van der Waals surface area contributed by atoms with Crippen LogP contribution in [0.4, 0.5) is 0 Å². The molecular formula is C17H28OSi. The van der Waals surface area contributed by atoms with Crippen LogP contribution in [0.15, 0.2) is 30.3 Å². The highest BCUT2D eigenvalue weighted by atomic mass is 28.3. The van der Waals surface area contributed by atoms with Gasteiger partial charge in [0.2, 0.25) is 0 Å². The summed E-state index contributed by atoms with van der Waals surface area (Å²) in [6.07, 6.45) is 4.63. The number of hydrogen-bond acceptors (Lipinski definition) is 1. The highest BCUT2D eigenvalue weighted by Gasteiger charge is 2.44. The largest absolute Gasteiger partial charge is 0.294 e. The summed E-state index contributed by atoms with van der Waals surface area (Å²) < 4.78 is 0. The molecule has 1 aromatic carbocycles. The third-order valence-corrected chi connectivity index (χ3v) is 8.26. The first-order chi connectivity index (χ1) is 8.83. The maximum atomic E-state index is 12.9. The first-order valence-electron chi connectivity index (χ1n) is 7.43. The van der Waals surface area contributed by atoms with Crippen LogP contribution in [0.2, 0.25) is 24.7 Å². The lowest BCUT2D eigenvalue weighted by Gasteiger charge is -2.39. The average molecular weight is 276 g/mol. The van der Waals surface area contributed by atoms with E-state index < -0.39 is 8.07 Å². The first-order valence-corrected chi connectivity index (χ1v) is 10.9. The van der Waals surface area contributed by atoms with Gasteiger partial charge < -0.3 is 0 Å². The van der Waals surface area contributed by atoms with Crippen LogP contribution in [0.25, 0.3) is 0 Å². The Hall–Kier alpha value is -0.893. The maximum absolute atomic E-state index is 12.9. The molecule has 1 rings (SSSR count). The fourth-order valence-corrected chi connectivity index (χ4v) is 4.22. The lowest BCUT2D eigenvalue weighted by Crippen LogP contribution is -2.43. The quantitative estimate of drug-likeness (QED) is 0.362. The Labute approximate surface area is 119 Å². The third kappa shape index (κ3) is 3.79. The number of carbonyl (C=O) groups excluding carboxylic acids is 1. The number of unbranched alkanes of at least 4 members (excludes halogenated alkanes) is 2. The molecule has 0 aromatic heterocycles. The molecule has 106 valence electrons. The van der Waals surface area contributed by atoms with E-state index in [2.05, 4.69) is 33.5 Å². The molecule has 1 unspecified atom stereocenters. The van der Waals surface area contributed by atoms with Crippen LogP contribution in [0.1, 0.15) is 49.9 Å². The van der Waals surface area contributed by atoms with E-state index in [1.807, 2.05) is 30.3 Å². The molecule has 0 N–H and O–H groups in total. The molecule has 0 aliphatic carbocycles. The Morgan fingerprint density at radius 2 is 1.68 bits per heavy atom. The molecule has 2 heteroatoms. The summed E-state index contributed by atoms with van der Waals surface area (Å²) in [5.41, 5.74) is 0.879. The van der Waals surface area contributed by atoms with E-state index in [9.17, 15) is 4.79 Å². The van der Waals surface area contributed by atoms with Gasteiger partial charge in [0, 0.05) is 10.6 Å². The highest BCUT2D eigenvalue weighted by molar-refractivity contribution is 6.82. The van der Waals surface area contributed by atoms with Gasteiger partial charge >= 0.3 is 0 Å². The van der Waals surface area contributed by atoms with Gasteiger partial charge in [0.15, 0.2) is 5.78 Å². The lowest BCUT2D eigenvalue weighted by molar-refractivity contribution is 0.0928. The van der Waals surface area contributed by atoms with Gasteiger partial charge in [-0.3, -0.25) is 4.79 Å². The molecule has 0 aliphatic heterocycles. The van der Waals surface area contributed by atoms with E-state index in [4.69, 9.17) is 0 Å². The van der Waals surface area contributed by atoms with Crippen LogP contribution in [0, 0.1) is 0 Å². The summed E-state index contributed by atoms with van der Waals surface area (Å²) in [4.78, 5) is 12.9. The van der Waals surface area contributed by atoms with E-state index >= 15 is 0 Å². The van der Waals surface area contributed by atoms with E-state index in [0.29, 0.717) is 5.78 Å². The van der Waals surface area contributed by atoms with Crippen molar-refractivity contribution in [2.45, 2.75) is 64.2 Å². The van der Waals surface area contributed by atoms with Crippen molar-refractivity contribution >= 4 is 13.9 Å². The first kappa shape index (κ1) is 16.2. The van der Waals surface area contributed by atoms with Crippen molar-refractivity contribution in [3.63, 3.8) is 0 Å². The zero-order chi connectivity index (χ0) is 14.5. The number of benzene rings is 1. The van der Waals surface area contributed by atoms with Gasteiger partial charge in [0.05, 0.1) is 8.07 Å². The minimum atomic E-state index is -1.56. The van der Waals surface area contributed by atoms with Crippen LogP contribution in [0.3, 0.4) is 0 Å². The number of carbonyl (C=O) groups is 1. The molecule has 0 fully saturated rings. The van der Waals surface area contributed by atoms with Crippen molar-refractivity contribution in [2.75, 3.05) is 0 Å². The predicted octanol–water partition coefficient (Wildman–Crippen LogP) is 5.55. The molecule has 0 heterocycles. The van der Waals surface area contributed by atoms with Crippen molar-refractivity contribution in [2.24, 2.45) is 0 Å². The second kappa shape index (κ2) is 6.51. The molecule has 0 amide bonds. The van der Waals surface area contributed by atoms with Crippen LogP contribution >= 0.6 is 0 Å². The molecule has 19 heavy (non-hydrogen) atoms. The number of Topliss-reactive ketones (excluding diaryl/α,β-unsaturated/α-hetero) is 1. The van der Waals surface area contributed by atoms with E-state index in [1.54, 1.807) is 0 Å². The molecule has 0 saturated carbocycles. The number of rotatable bonds is 7. The minimum Gasteiger partial charge on any atom is -0.294 e. The van der Waals surface area contributed by atoms with Gasteiger partial charge in [-0.2, -0.15) is 0 Å². The molecule has 1 atom stereocenters. The Kier molecular flexibility index (Phi) is 5.54. The molecule has 0 saturated heterocycles. The maximum Gasteiger partial charge on any atom is 0.166 e. The van der Waals surface area contributed by atoms with Gasteiger partial charge in [0.1, 0.15) is 0 Å². The van der Waals surface area contributed by atoms with Crippen molar-refractivity contribution in [3.8, 4) is 0 Å². The average Bonchev–Trinajstić information content (AvgIpc) is 2.37. The summed E-state index contributed by atoms with van der Waals surface area (Å²) in [6, 6.07) is 9.81. The van der Waals surface area contributed by atoms with Gasteiger partial charge in [-0.15, -0.1) is 0 Å². The van der Waals surface area contributed by atoms with Gasteiger partial charge in [0.25, 0.3) is 0 Å². The van der Waals surface area contributed by atoms with Crippen molar-refractivity contribution in [1.29, 1.82) is 0 Å². The van der Waals surface area contributed by atoms with Crippen molar-refractivity contribution in [1.82, 2.24) is 0 Å². The summed E-state index contributed by atoms with van der Waals surface area (Å²) in [7, 11) is -1.56. The normalized spacial score (nSPS) is 15.0. The third-order valence-electron chi connectivity index (χ3n) is 4.47. The summed E-state index contributed by atoms with van der Waals surface area (Å²) >= 11 is 0. The molecule has 0 bridgehead atoms. The van der Waals surface area contributed by atoms with Crippen LogP contribution in [0.5, 0.6) is 0 Å². The SMILES string of the molecule is CCCCCC(C)(C(=O)c1ccccc1)[Si](C)(C)C. The van der Waals surface area contributed by atoms with E-state index in [-0.39, 0.29) is 5.04 Å². The molecule has 0 aliphatic rings. The van der Waals surface area contributed by atoms with E-state index in [0.717, 1.165) is 18.4 Å². The Morgan fingerprint density at radius 1 is 1.11 bits per heavy atom. The molecule has 1 nitrogen and oxygen atoms in total. The number of hydrogen-bond donors (Lipinski definition) is 0. The van der Waals surface area contributed by atoms with Crippen LogP contribution in [-0.2, 0) is 0 Å².